The van der Waals surface area contributed by atoms with Crippen molar-refractivity contribution in [1.29, 1.82) is 0 Å². The van der Waals surface area contributed by atoms with E-state index >= 15 is 0 Å². The Hall–Kier alpha value is -3.72. The van der Waals surface area contributed by atoms with E-state index in [0.717, 1.165) is 0 Å². The number of nitrogens with zero attached hydrogens (tertiary/aromatic N) is 3. The van der Waals surface area contributed by atoms with Gasteiger partial charge < -0.3 is 15.7 Å². The number of benzene rings is 3. The monoisotopic (exact) mass is 580 g/mol. The van der Waals surface area contributed by atoms with Gasteiger partial charge in [0.1, 0.15) is 5.82 Å². The predicted molar refractivity (Wildman–Crippen MR) is 152 cm³/mol. The predicted octanol–water partition coefficient (Wildman–Crippen LogP) is 5.53. The van der Waals surface area contributed by atoms with Gasteiger partial charge in [-0.3, -0.25) is 9.59 Å². The highest BCUT2D eigenvalue weighted by atomic mass is 35.5. The number of primary amides is 1. The summed E-state index contributed by atoms with van der Waals surface area (Å²) in [7, 11) is 0. The number of halogens is 3. The summed E-state index contributed by atoms with van der Waals surface area (Å²) in [6, 6.07) is 19.5. The number of aliphatic hydroxyl groups is 1. The summed E-state index contributed by atoms with van der Waals surface area (Å²) < 4.78 is 15.4. The van der Waals surface area contributed by atoms with E-state index < -0.39 is 29.3 Å². The molecule has 10 heteroatoms. The largest absolute Gasteiger partial charge is 0.385 e. The SMILES string of the molecule is C[C@@H]1C[C@](O)(c2cccc(F)c2)CCN1C(=O)c1nn(-c2ccccc2Cl)c(-c2ccc(Cl)cc2)c1CC(N)=O. The first-order valence-electron chi connectivity index (χ1n) is 12.8. The van der Waals surface area contributed by atoms with Gasteiger partial charge in [0, 0.05) is 35.2 Å². The maximum absolute atomic E-state index is 14.1. The molecule has 0 unspecified atom stereocenters. The van der Waals surface area contributed by atoms with Crippen LogP contribution in [0.1, 0.15) is 41.4 Å². The summed E-state index contributed by atoms with van der Waals surface area (Å²) >= 11 is 12.7. The van der Waals surface area contributed by atoms with Crippen molar-refractivity contribution < 1.29 is 19.1 Å². The van der Waals surface area contributed by atoms with Crippen molar-refractivity contribution in [2.75, 3.05) is 6.54 Å². The van der Waals surface area contributed by atoms with Crippen LogP contribution in [0.5, 0.6) is 0 Å². The van der Waals surface area contributed by atoms with Gasteiger partial charge in [0.25, 0.3) is 5.91 Å². The second-order valence-corrected chi connectivity index (χ2v) is 10.9. The van der Waals surface area contributed by atoms with E-state index in [2.05, 4.69) is 0 Å². The van der Waals surface area contributed by atoms with Crippen LogP contribution in [0, 0.1) is 5.82 Å². The molecular weight excluding hydrogens is 554 g/mol. The zero-order valence-electron chi connectivity index (χ0n) is 21.7. The number of carbonyl (C=O) groups excluding carboxylic acids is 2. The molecule has 0 aliphatic carbocycles. The van der Waals surface area contributed by atoms with Gasteiger partial charge in [-0.15, -0.1) is 0 Å². The normalized spacial score (nSPS) is 19.0. The fourth-order valence-electron chi connectivity index (χ4n) is 5.37. The quantitative estimate of drug-likeness (QED) is 0.313. The van der Waals surface area contributed by atoms with Gasteiger partial charge in [-0.25, -0.2) is 9.07 Å². The molecule has 4 aromatic rings. The number of piperidine rings is 1. The summed E-state index contributed by atoms with van der Waals surface area (Å²) in [5, 5.41) is 17.0. The highest BCUT2D eigenvalue weighted by Crippen LogP contribution is 2.38. The lowest BCUT2D eigenvalue weighted by Crippen LogP contribution is -2.50. The summed E-state index contributed by atoms with van der Waals surface area (Å²) in [6.45, 7) is 2.01. The van der Waals surface area contributed by atoms with Crippen molar-refractivity contribution in [2.24, 2.45) is 5.73 Å². The Morgan fingerprint density at radius 3 is 2.48 bits per heavy atom. The molecule has 0 saturated carbocycles. The standard InChI is InChI=1S/C30H27Cl2FN4O3/c1-18-17-30(40,20-5-4-6-22(33)15-20)13-14-36(18)29(39)27-23(16-26(34)38)28(19-9-11-21(31)12-10-19)37(35-27)25-8-3-2-7-24(25)32/h2-12,15,18,40H,13-14,16-17H2,1H3,(H2,34,38)/t18-,30+/m1/s1. The Balaban J connectivity index is 1.59. The van der Waals surface area contributed by atoms with Crippen LogP contribution in [0.2, 0.25) is 10.0 Å². The average Bonchev–Trinajstić information content (AvgIpc) is 3.27. The Bertz CT molecular complexity index is 1590. The molecule has 0 spiro atoms. The molecule has 0 radical (unpaired) electrons. The number of para-hydroxylation sites is 1. The zero-order valence-corrected chi connectivity index (χ0v) is 23.2. The zero-order chi connectivity index (χ0) is 28.6. The summed E-state index contributed by atoms with van der Waals surface area (Å²) in [6.07, 6.45) is 0.161. The summed E-state index contributed by atoms with van der Waals surface area (Å²) in [5.74, 6) is -1.48. The third kappa shape index (κ3) is 5.35. The fourth-order valence-corrected chi connectivity index (χ4v) is 5.71. The third-order valence-corrected chi connectivity index (χ3v) is 7.86. The maximum atomic E-state index is 14.1. The van der Waals surface area contributed by atoms with Crippen LogP contribution in [-0.4, -0.2) is 44.2 Å². The van der Waals surface area contributed by atoms with E-state index in [4.69, 9.17) is 34.0 Å². The van der Waals surface area contributed by atoms with Crippen LogP contribution in [0.15, 0.2) is 72.8 Å². The Morgan fingerprint density at radius 1 is 1.10 bits per heavy atom. The van der Waals surface area contributed by atoms with Gasteiger partial charge in [-0.2, -0.15) is 5.10 Å². The Kier molecular flexibility index (Phi) is 7.68. The molecule has 2 heterocycles. The molecule has 1 fully saturated rings. The van der Waals surface area contributed by atoms with Crippen molar-refractivity contribution in [3.63, 3.8) is 0 Å². The second kappa shape index (κ2) is 11.0. The van der Waals surface area contributed by atoms with Crippen molar-refractivity contribution in [2.45, 2.75) is 37.8 Å². The summed E-state index contributed by atoms with van der Waals surface area (Å²) in [5.41, 5.74) is 6.92. The molecular formula is C30H27Cl2FN4O3. The molecule has 2 atom stereocenters. The van der Waals surface area contributed by atoms with E-state index in [1.54, 1.807) is 70.2 Å². The number of carbonyl (C=O) groups is 2. The molecule has 1 saturated heterocycles. The number of likely N-dealkylation sites (tertiary alicyclic amines) is 1. The molecule has 40 heavy (non-hydrogen) atoms. The first-order chi connectivity index (χ1) is 19.1. The van der Waals surface area contributed by atoms with E-state index in [-0.39, 0.29) is 31.5 Å². The molecule has 3 N–H and O–H groups in total. The van der Waals surface area contributed by atoms with Crippen molar-refractivity contribution in [3.05, 3.63) is 105 Å². The van der Waals surface area contributed by atoms with Gasteiger partial charge in [0.15, 0.2) is 5.69 Å². The van der Waals surface area contributed by atoms with Crippen molar-refractivity contribution in [3.8, 4) is 16.9 Å². The van der Waals surface area contributed by atoms with Gasteiger partial charge in [0.05, 0.1) is 28.4 Å². The fraction of sp³-hybridized carbons (Fsp3) is 0.233. The van der Waals surface area contributed by atoms with Crippen LogP contribution in [0.25, 0.3) is 16.9 Å². The van der Waals surface area contributed by atoms with Gasteiger partial charge in [0.2, 0.25) is 5.91 Å². The van der Waals surface area contributed by atoms with Gasteiger partial charge in [-0.1, -0.05) is 59.6 Å². The van der Waals surface area contributed by atoms with E-state index in [1.165, 1.54) is 12.1 Å². The lowest BCUT2D eigenvalue weighted by atomic mass is 9.81. The highest BCUT2D eigenvalue weighted by molar-refractivity contribution is 6.32. The van der Waals surface area contributed by atoms with Crippen LogP contribution in [0.4, 0.5) is 4.39 Å². The summed E-state index contributed by atoms with van der Waals surface area (Å²) in [4.78, 5) is 28.0. The first-order valence-corrected chi connectivity index (χ1v) is 13.5. The smallest absolute Gasteiger partial charge is 0.274 e. The minimum Gasteiger partial charge on any atom is -0.385 e. The van der Waals surface area contributed by atoms with Crippen LogP contribution in [-0.2, 0) is 16.8 Å². The molecule has 1 aliphatic heterocycles. The topological polar surface area (TPSA) is 101 Å². The molecule has 1 aromatic heterocycles. The molecule has 2 amide bonds. The Labute approximate surface area is 240 Å². The number of hydrogen-bond donors (Lipinski definition) is 2. The average molecular weight is 581 g/mol. The first kappa shape index (κ1) is 27.8. The maximum Gasteiger partial charge on any atom is 0.274 e. The lowest BCUT2D eigenvalue weighted by Gasteiger charge is -2.42. The van der Waals surface area contributed by atoms with Crippen molar-refractivity contribution >= 4 is 35.0 Å². The lowest BCUT2D eigenvalue weighted by molar-refractivity contribution is -0.117. The minimum absolute atomic E-state index is 0.0618. The van der Waals surface area contributed by atoms with E-state index in [9.17, 15) is 19.1 Å². The number of hydrogen-bond acceptors (Lipinski definition) is 4. The van der Waals surface area contributed by atoms with Gasteiger partial charge in [-0.05, 0) is 55.3 Å². The highest BCUT2D eigenvalue weighted by Gasteiger charge is 2.41. The molecule has 5 rings (SSSR count). The van der Waals surface area contributed by atoms with E-state index in [1.807, 2.05) is 6.92 Å². The minimum atomic E-state index is -1.29. The second-order valence-electron chi connectivity index (χ2n) is 10.0. The van der Waals surface area contributed by atoms with E-state index in [0.29, 0.717) is 38.1 Å². The number of rotatable bonds is 6. The Morgan fingerprint density at radius 2 is 1.82 bits per heavy atom. The number of aromatic nitrogens is 2. The third-order valence-electron chi connectivity index (χ3n) is 7.29. The molecule has 7 nitrogen and oxygen atoms in total. The molecule has 3 aromatic carbocycles. The van der Waals surface area contributed by atoms with Crippen LogP contribution in [0.3, 0.4) is 0 Å². The molecule has 0 bridgehead atoms. The van der Waals surface area contributed by atoms with Crippen molar-refractivity contribution in [1.82, 2.24) is 14.7 Å². The van der Waals surface area contributed by atoms with Gasteiger partial charge >= 0.3 is 0 Å². The number of nitrogens with two attached hydrogens (primary N) is 1. The van der Waals surface area contributed by atoms with Crippen LogP contribution < -0.4 is 5.73 Å². The molecule has 206 valence electrons. The number of amides is 2. The van der Waals surface area contributed by atoms with Crippen LogP contribution >= 0.6 is 23.2 Å². The molecule has 1 aliphatic rings.